The van der Waals surface area contributed by atoms with Gasteiger partial charge in [-0.15, -0.1) is 0 Å². The Hall–Kier alpha value is -2.10. The molecule has 3 nitrogen and oxygen atoms in total. The van der Waals surface area contributed by atoms with Crippen molar-refractivity contribution in [3.8, 4) is 0 Å². The molecule has 0 saturated heterocycles. The van der Waals surface area contributed by atoms with Crippen LogP contribution >= 0.6 is 23.2 Å². The van der Waals surface area contributed by atoms with Crippen LogP contribution in [0.25, 0.3) is 0 Å². The van der Waals surface area contributed by atoms with Gasteiger partial charge in [0.25, 0.3) is 0 Å². The zero-order valence-corrected chi connectivity index (χ0v) is 17.4. The van der Waals surface area contributed by atoms with Crippen molar-refractivity contribution >= 4 is 35.3 Å². The van der Waals surface area contributed by atoms with E-state index in [4.69, 9.17) is 23.2 Å². The number of rotatable bonds is 8. The fraction of sp³-hybridized carbons (Fsp3) is 0.304. The van der Waals surface area contributed by atoms with E-state index in [0.29, 0.717) is 18.0 Å². The number of carbonyl (C=O) groups excluding carboxylic acids is 1. The summed E-state index contributed by atoms with van der Waals surface area (Å²) in [5, 5.41) is 4.53. The standard InChI is InChI=1S/C23H24Cl2N2O/c1-16-18(12-13-26-16)6-11-23(28)27-15-20(19-4-9-22(25)10-5-19)14-17-2-7-21(24)8-3-17/h2-5,7-10,12-13,16,20H,6,11,14-15H2,1H3,(H,27,28)/t16?,20-/m0/s1. The molecule has 0 radical (unpaired) electrons. The zero-order chi connectivity index (χ0) is 19.9. The predicted octanol–water partition coefficient (Wildman–Crippen LogP) is 5.62. The van der Waals surface area contributed by atoms with E-state index < -0.39 is 0 Å². The summed E-state index contributed by atoms with van der Waals surface area (Å²) in [5.41, 5.74) is 3.55. The predicted molar refractivity (Wildman–Crippen MR) is 118 cm³/mol. The summed E-state index contributed by atoms with van der Waals surface area (Å²) in [6.07, 6.45) is 5.87. The zero-order valence-electron chi connectivity index (χ0n) is 15.9. The van der Waals surface area contributed by atoms with E-state index in [2.05, 4.69) is 17.2 Å². The number of halogens is 2. The molecule has 2 atom stereocenters. The molecule has 2 aromatic rings. The Morgan fingerprint density at radius 2 is 1.71 bits per heavy atom. The highest BCUT2D eigenvalue weighted by Gasteiger charge is 2.16. The SMILES string of the molecule is CC1N=CC=C1CCC(=O)NC[C@H](Cc1ccc(Cl)cc1)c1ccc(Cl)cc1. The van der Waals surface area contributed by atoms with Gasteiger partial charge in [0.1, 0.15) is 0 Å². The molecule has 1 unspecified atom stereocenters. The minimum atomic E-state index is 0.0649. The molecule has 1 amide bonds. The van der Waals surface area contributed by atoms with Gasteiger partial charge < -0.3 is 5.32 Å². The molecule has 0 bridgehead atoms. The second kappa shape index (κ2) is 9.90. The molecular weight excluding hydrogens is 391 g/mol. The van der Waals surface area contributed by atoms with Crippen LogP contribution in [-0.2, 0) is 11.2 Å². The first-order chi connectivity index (χ1) is 13.5. The summed E-state index contributed by atoms with van der Waals surface area (Å²) in [5.74, 6) is 0.227. The minimum absolute atomic E-state index is 0.0649. The van der Waals surface area contributed by atoms with Gasteiger partial charge in [-0.25, -0.2) is 0 Å². The maximum Gasteiger partial charge on any atom is 0.220 e. The van der Waals surface area contributed by atoms with Crippen molar-refractivity contribution in [2.24, 2.45) is 4.99 Å². The molecule has 1 heterocycles. The van der Waals surface area contributed by atoms with Crippen LogP contribution in [0, 0.1) is 0 Å². The third-order valence-electron chi connectivity index (χ3n) is 5.06. The molecule has 1 aliphatic rings. The Morgan fingerprint density at radius 3 is 2.32 bits per heavy atom. The topological polar surface area (TPSA) is 41.5 Å². The lowest BCUT2D eigenvalue weighted by atomic mass is 9.92. The molecule has 1 aliphatic heterocycles. The minimum Gasteiger partial charge on any atom is -0.355 e. The van der Waals surface area contributed by atoms with Crippen molar-refractivity contribution in [2.45, 2.75) is 38.1 Å². The van der Waals surface area contributed by atoms with Gasteiger partial charge in [0.2, 0.25) is 5.91 Å². The lowest BCUT2D eigenvalue weighted by Gasteiger charge is -2.19. The molecule has 1 N–H and O–H groups in total. The lowest BCUT2D eigenvalue weighted by Crippen LogP contribution is -2.29. The van der Waals surface area contributed by atoms with Crippen molar-refractivity contribution in [1.82, 2.24) is 5.32 Å². The number of nitrogens with zero attached hydrogens (tertiary/aromatic N) is 1. The van der Waals surface area contributed by atoms with E-state index >= 15 is 0 Å². The van der Waals surface area contributed by atoms with Crippen LogP contribution in [0.1, 0.15) is 36.8 Å². The number of amides is 1. The normalized spacial score (nSPS) is 16.7. The highest BCUT2D eigenvalue weighted by molar-refractivity contribution is 6.30. The summed E-state index contributed by atoms with van der Waals surface area (Å²) >= 11 is 12.0. The van der Waals surface area contributed by atoms with Crippen LogP contribution in [-0.4, -0.2) is 24.7 Å². The Balaban J connectivity index is 1.60. The highest BCUT2D eigenvalue weighted by Crippen LogP contribution is 2.23. The van der Waals surface area contributed by atoms with Gasteiger partial charge in [0.05, 0.1) is 6.04 Å². The van der Waals surface area contributed by atoms with E-state index in [0.717, 1.165) is 23.4 Å². The molecular formula is C23H24Cl2N2O. The monoisotopic (exact) mass is 414 g/mol. The molecule has 0 aromatic heterocycles. The van der Waals surface area contributed by atoms with Gasteiger partial charge in [-0.3, -0.25) is 9.79 Å². The first kappa shape index (κ1) is 20.6. The molecule has 5 heteroatoms. The van der Waals surface area contributed by atoms with E-state index in [-0.39, 0.29) is 17.9 Å². The molecule has 0 fully saturated rings. The molecule has 0 aliphatic carbocycles. The fourth-order valence-electron chi connectivity index (χ4n) is 3.33. The number of aliphatic imine (C=N–C) groups is 1. The van der Waals surface area contributed by atoms with E-state index in [1.54, 1.807) is 0 Å². The Bertz CT molecular complexity index is 857. The third kappa shape index (κ3) is 5.95. The van der Waals surface area contributed by atoms with Crippen LogP contribution in [0.2, 0.25) is 10.0 Å². The first-order valence-electron chi connectivity index (χ1n) is 9.50. The number of carbonyl (C=O) groups is 1. The van der Waals surface area contributed by atoms with Crippen LogP contribution in [0.5, 0.6) is 0 Å². The van der Waals surface area contributed by atoms with Crippen molar-refractivity contribution < 1.29 is 4.79 Å². The number of hydrogen-bond donors (Lipinski definition) is 1. The molecule has 28 heavy (non-hydrogen) atoms. The second-order valence-electron chi connectivity index (χ2n) is 7.10. The van der Waals surface area contributed by atoms with E-state index in [1.807, 2.05) is 60.8 Å². The number of nitrogens with one attached hydrogen (secondary N) is 1. The van der Waals surface area contributed by atoms with Crippen LogP contribution in [0.4, 0.5) is 0 Å². The molecule has 3 rings (SSSR count). The van der Waals surface area contributed by atoms with Crippen LogP contribution < -0.4 is 5.32 Å². The lowest BCUT2D eigenvalue weighted by molar-refractivity contribution is -0.121. The number of allylic oxidation sites excluding steroid dienone is 1. The Morgan fingerprint density at radius 1 is 1.07 bits per heavy atom. The summed E-state index contributed by atoms with van der Waals surface area (Å²) in [4.78, 5) is 16.7. The first-order valence-corrected chi connectivity index (χ1v) is 10.3. The van der Waals surface area contributed by atoms with Gasteiger partial charge in [0.15, 0.2) is 0 Å². The summed E-state index contributed by atoms with van der Waals surface area (Å²) < 4.78 is 0. The average Bonchev–Trinajstić information content (AvgIpc) is 3.10. The molecule has 0 saturated carbocycles. The van der Waals surface area contributed by atoms with E-state index in [1.165, 1.54) is 11.1 Å². The average molecular weight is 415 g/mol. The molecule has 0 spiro atoms. The van der Waals surface area contributed by atoms with Gasteiger partial charge >= 0.3 is 0 Å². The Labute approximate surface area is 176 Å². The van der Waals surface area contributed by atoms with E-state index in [9.17, 15) is 4.79 Å². The highest BCUT2D eigenvalue weighted by atomic mass is 35.5. The maximum atomic E-state index is 12.4. The van der Waals surface area contributed by atoms with Gasteiger partial charge in [0, 0.05) is 35.1 Å². The number of hydrogen-bond acceptors (Lipinski definition) is 2. The summed E-state index contributed by atoms with van der Waals surface area (Å²) in [6.45, 7) is 2.63. The smallest absolute Gasteiger partial charge is 0.220 e. The summed E-state index contributed by atoms with van der Waals surface area (Å²) in [7, 11) is 0. The second-order valence-corrected chi connectivity index (χ2v) is 7.97. The van der Waals surface area contributed by atoms with Gasteiger partial charge in [-0.1, -0.05) is 47.5 Å². The van der Waals surface area contributed by atoms with Crippen LogP contribution in [0.3, 0.4) is 0 Å². The van der Waals surface area contributed by atoms with Crippen molar-refractivity contribution in [1.29, 1.82) is 0 Å². The fourth-order valence-corrected chi connectivity index (χ4v) is 3.58. The Kier molecular flexibility index (Phi) is 7.30. The molecule has 146 valence electrons. The van der Waals surface area contributed by atoms with Crippen molar-refractivity contribution in [3.63, 3.8) is 0 Å². The van der Waals surface area contributed by atoms with Crippen molar-refractivity contribution in [2.75, 3.05) is 6.54 Å². The quantitative estimate of drug-likeness (QED) is 0.598. The molecule has 2 aromatic carbocycles. The third-order valence-corrected chi connectivity index (χ3v) is 5.56. The number of benzene rings is 2. The maximum absolute atomic E-state index is 12.4. The summed E-state index contributed by atoms with van der Waals surface area (Å²) in [6, 6.07) is 15.9. The largest absolute Gasteiger partial charge is 0.355 e. The van der Waals surface area contributed by atoms with Gasteiger partial charge in [-0.2, -0.15) is 0 Å². The van der Waals surface area contributed by atoms with Gasteiger partial charge in [-0.05, 0) is 66.8 Å². The van der Waals surface area contributed by atoms with Crippen molar-refractivity contribution in [3.05, 3.63) is 81.4 Å². The van der Waals surface area contributed by atoms with Crippen LogP contribution in [0.15, 0.2) is 65.2 Å².